The van der Waals surface area contributed by atoms with Crippen LogP contribution < -0.4 is 0 Å². The molecule has 1 atom stereocenters. The van der Waals surface area contributed by atoms with Crippen molar-refractivity contribution in [3.8, 4) is 0 Å². The van der Waals surface area contributed by atoms with Gasteiger partial charge in [-0.1, -0.05) is 20.3 Å². The lowest BCUT2D eigenvalue weighted by Gasteiger charge is -2.53. The predicted molar refractivity (Wildman–Crippen MR) is 60.0 cm³/mol. The number of hydrogen-bond donors (Lipinski definition) is 0. The molecule has 0 saturated carbocycles. The molecule has 0 aromatic rings. The lowest BCUT2D eigenvalue weighted by atomic mass is 10.3. The van der Waals surface area contributed by atoms with Crippen molar-refractivity contribution in [3.05, 3.63) is 0 Å². The minimum absolute atomic E-state index is 0.0516. The summed E-state index contributed by atoms with van der Waals surface area (Å²) in [6, 6.07) is 0. The van der Waals surface area contributed by atoms with Gasteiger partial charge in [0.15, 0.2) is 9.84 Å². The molecule has 1 rings (SSSR count). The molecule has 1 heterocycles. The van der Waals surface area contributed by atoms with E-state index in [1.54, 1.807) is 0 Å². The Labute approximate surface area is 84.7 Å². The normalized spacial score (nSPS) is 27.0. The van der Waals surface area contributed by atoms with Crippen LogP contribution in [0.1, 0.15) is 26.7 Å². The molecule has 1 unspecified atom stereocenters. The fourth-order valence-corrected chi connectivity index (χ4v) is 3.93. The van der Waals surface area contributed by atoms with Crippen LogP contribution in [0.25, 0.3) is 0 Å². The first kappa shape index (κ1) is 11.2. The van der Waals surface area contributed by atoms with Crippen molar-refractivity contribution in [2.45, 2.75) is 33.0 Å². The average Bonchev–Trinajstić information content (AvgIpc) is 2.11. The van der Waals surface area contributed by atoms with Crippen LogP contribution in [0.2, 0.25) is 0 Å². The number of nitrogens with zero attached hydrogens (tertiary/aromatic N) is 3. The van der Waals surface area contributed by atoms with Gasteiger partial charge in [0.1, 0.15) is 6.29 Å². The van der Waals surface area contributed by atoms with Crippen molar-refractivity contribution in [3.63, 3.8) is 0 Å². The summed E-state index contributed by atoms with van der Waals surface area (Å²) >= 11 is 0. The Balaban J connectivity index is 2.32. The Bertz CT molecular complexity index is 154. The topological polar surface area (TPSA) is 9.72 Å². The quantitative estimate of drug-likeness (QED) is 0.591. The van der Waals surface area contributed by atoms with Gasteiger partial charge in [-0.3, -0.25) is 14.0 Å². The molecule has 13 heavy (non-hydrogen) atoms. The van der Waals surface area contributed by atoms with Crippen LogP contribution in [0.5, 0.6) is 0 Å². The van der Waals surface area contributed by atoms with E-state index in [2.05, 4.69) is 42.0 Å². The Kier molecular flexibility index (Phi) is 4.38. The van der Waals surface area contributed by atoms with Crippen molar-refractivity contribution < 1.29 is 0 Å². The highest BCUT2D eigenvalue weighted by molar-refractivity contribution is 6.31. The van der Waals surface area contributed by atoms with Gasteiger partial charge in [0.05, 0.1) is 0 Å². The summed E-state index contributed by atoms with van der Waals surface area (Å²) in [5.41, 5.74) is 0. The molecule has 0 aliphatic carbocycles. The van der Waals surface area contributed by atoms with E-state index >= 15 is 0 Å². The SMILES string of the molecule is CCCCN1[SiH2]N(C)C1N(C)CC. The number of rotatable bonds is 5. The molecule has 0 aromatic heterocycles. The van der Waals surface area contributed by atoms with Crippen LogP contribution >= 0.6 is 0 Å². The largest absolute Gasteiger partial charge is 0.292 e. The van der Waals surface area contributed by atoms with Crippen molar-refractivity contribution in [1.29, 1.82) is 0 Å². The maximum atomic E-state index is 2.67. The minimum atomic E-state index is -0.0516. The molecule has 1 fully saturated rings. The summed E-state index contributed by atoms with van der Waals surface area (Å²) in [6.07, 6.45) is 3.29. The third-order valence-corrected chi connectivity index (χ3v) is 4.60. The van der Waals surface area contributed by atoms with Gasteiger partial charge in [-0.15, -0.1) is 0 Å². The van der Waals surface area contributed by atoms with Gasteiger partial charge in [0.2, 0.25) is 0 Å². The third kappa shape index (κ3) is 2.53. The summed E-state index contributed by atoms with van der Waals surface area (Å²) < 4.78 is 5.20. The highest BCUT2D eigenvalue weighted by atomic mass is 28.2. The van der Waals surface area contributed by atoms with Gasteiger partial charge in [-0.25, -0.2) is 0 Å². The Hall–Kier alpha value is 0.0969. The van der Waals surface area contributed by atoms with E-state index in [1.165, 1.54) is 19.4 Å². The molecular weight excluding hydrogens is 178 g/mol. The molecule has 4 heteroatoms. The Morgan fingerprint density at radius 3 is 2.54 bits per heavy atom. The zero-order valence-electron chi connectivity index (χ0n) is 9.45. The molecule has 0 bridgehead atoms. The first-order valence-electron chi connectivity index (χ1n) is 5.35. The average molecular weight is 201 g/mol. The fourth-order valence-electron chi connectivity index (χ4n) is 1.94. The molecule has 3 nitrogen and oxygen atoms in total. The zero-order valence-corrected chi connectivity index (χ0v) is 10.9. The summed E-state index contributed by atoms with van der Waals surface area (Å²) in [5.74, 6) is 0. The summed E-state index contributed by atoms with van der Waals surface area (Å²) in [6.45, 7) is 6.95. The molecule has 1 saturated heterocycles. The first-order valence-corrected chi connectivity index (χ1v) is 6.61. The second-order valence-corrected chi connectivity index (χ2v) is 6.08. The molecule has 78 valence electrons. The predicted octanol–water partition coefficient (Wildman–Crippen LogP) is 0.268. The molecular formula is C9H23N3Si. The molecule has 0 amide bonds. The molecule has 0 aromatic carbocycles. The molecule has 0 N–H and O–H groups in total. The zero-order chi connectivity index (χ0) is 9.84. The summed E-state index contributed by atoms with van der Waals surface area (Å²) in [4.78, 5) is 2.42. The van der Waals surface area contributed by atoms with E-state index in [4.69, 9.17) is 0 Å². The molecule has 0 spiro atoms. The van der Waals surface area contributed by atoms with E-state index in [1.807, 2.05) is 0 Å². The minimum Gasteiger partial charge on any atom is -0.292 e. The third-order valence-electron chi connectivity index (χ3n) is 2.82. The smallest absolute Gasteiger partial charge is 0.177 e. The van der Waals surface area contributed by atoms with E-state index in [0.29, 0.717) is 6.29 Å². The van der Waals surface area contributed by atoms with Crippen LogP contribution in [-0.4, -0.2) is 57.3 Å². The lowest BCUT2D eigenvalue weighted by Crippen LogP contribution is -2.70. The number of unbranched alkanes of at least 4 members (excludes halogenated alkanes) is 1. The van der Waals surface area contributed by atoms with Crippen molar-refractivity contribution in [2.75, 3.05) is 27.2 Å². The van der Waals surface area contributed by atoms with Gasteiger partial charge < -0.3 is 0 Å². The second-order valence-electron chi connectivity index (χ2n) is 3.98. The van der Waals surface area contributed by atoms with Crippen LogP contribution in [0.3, 0.4) is 0 Å². The standard InChI is InChI=1S/C9H23N3Si/c1-5-7-8-12-9(10(3)6-2)11(4)13-12/h9H,5-8,13H2,1-4H3. The highest BCUT2D eigenvalue weighted by Gasteiger charge is 2.35. The van der Waals surface area contributed by atoms with Gasteiger partial charge in [-0.05, 0) is 33.6 Å². The van der Waals surface area contributed by atoms with E-state index in [9.17, 15) is 0 Å². The van der Waals surface area contributed by atoms with Gasteiger partial charge in [-0.2, -0.15) is 0 Å². The fraction of sp³-hybridized carbons (Fsp3) is 1.00. The Morgan fingerprint density at radius 2 is 2.08 bits per heavy atom. The molecule has 0 radical (unpaired) electrons. The second kappa shape index (κ2) is 5.10. The van der Waals surface area contributed by atoms with Crippen LogP contribution in [-0.2, 0) is 0 Å². The van der Waals surface area contributed by atoms with Gasteiger partial charge >= 0.3 is 0 Å². The monoisotopic (exact) mass is 201 g/mol. The van der Waals surface area contributed by atoms with Crippen molar-refractivity contribution in [2.24, 2.45) is 0 Å². The maximum absolute atomic E-state index is 2.67. The van der Waals surface area contributed by atoms with Crippen molar-refractivity contribution >= 4 is 9.84 Å². The summed E-state index contributed by atoms with van der Waals surface area (Å²) in [7, 11) is 4.42. The van der Waals surface area contributed by atoms with E-state index < -0.39 is 0 Å². The molecule has 1 aliphatic rings. The highest BCUT2D eigenvalue weighted by Crippen LogP contribution is 2.17. The van der Waals surface area contributed by atoms with Gasteiger partial charge in [0, 0.05) is 0 Å². The van der Waals surface area contributed by atoms with E-state index in [0.717, 1.165) is 6.54 Å². The summed E-state index contributed by atoms with van der Waals surface area (Å²) in [5, 5.41) is 0. The first-order chi connectivity index (χ1) is 6.20. The number of hydrogen-bond acceptors (Lipinski definition) is 3. The van der Waals surface area contributed by atoms with E-state index in [-0.39, 0.29) is 9.84 Å². The lowest BCUT2D eigenvalue weighted by molar-refractivity contribution is -0.0127. The Morgan fingerprint density at radius 1 is 1.38 bits per heavy atom. The molecule has 1 aliphatic heterocycles. The van der Waals surface area contributed by atoms with Crippen molar-refractivity contribution in [1.82, 2.24) is 14.0 Å². The van der Waals surface area contributed by atoms with Crippen LogP contribution in [0.4, 0.5) is 0 Å². The van der Waals surface area contributed by atoms with Gasteiger partial charge in [0.25, 0.3) is 0 Å². The maximum Gasteiger partial charge on any atom is 0.177 e. The van der Waals surface area contributed by atoms with Crippen LogP contribution in [0, 0.1) is 0 Å². The van der Waals surface area contributed by atoms with Crippen LogP contribution in [0.15, 0.2) is 0 Å².